The predicted molar refractivity (Wildman–Crippen MR) is 79.0 cm³/mol. The molecule has 2 N–H and O–H groups in total. The maximum Gasteiger partial charge on any atom is 0.0593 e. The van der Waals surface area contributed by atoms with Crippen LogP contribution in [0.1, 0.15) is 31.9 Å². The van der Waals surface area contributed by atoms with Crippen molar-refractivity contribution in [1.29, 1.82) is 0 Å². The highest BCUT2D eigenvalue weighted by Gasteiger charge is 2.29. The van der Waals surface area contributed by atoms with Crippen molar-refractivity contribution in [2.24, 2.45) is 11.7 Å². The van der Waals surface area contributed by atoms with Crippen molar-refractivity contribution < 1.29 is 4.74 Å². The van der Waals surface area contributed by atoms with Gasteiger partial charge in [0.25, 0.3) is 0 Å². The first kappa shape index (κ1) is 14.5. The number of nitrogens with zero attached hydrogens (tertiary/aromatic N) is 1. The highest BCUT2D eigenvalue weighted by molar-refractivity contribution is 5.20. The molecule has 19 heavy (non-hydrogen) atoms. The topological polar surface area (TPSA) is 38.5 Å². The summed E-state index contributed by atoms with van der Waals surface area (Å²) in [6, 6.07) is 10.9. The number of hydrogen-bond acceptors (Lipinski definition) is 3. The fourth-order valence-electron chi connectivity index (χ4n) is 3.00. The van der Waals surface area contributed by atoms with E-state index in [2.05, 4.69) is 43.0 Å². The molecule has 1 aromatic carbocycles. The SMILES string of the molecule is CC(C)C(C(N)c1ccccc1)N1CCCOCC1. The highest BCUT2D eigenvalue weighted by atomic mass is 16.5. The van der Waals surface area contributed by atoms with E-state index < -0.39 is 0 Å². The molecule has 3 heteroatoms. The van der Waals surface area contributed by atoms with E-state index in [9.17, 15) is 0 Å². The van der Waals surface area contributed by atoms with Crippen molar-refractivity contribution in [3.63, 3.8) is 0 Å². The molecular weight excluding hydrogens is 236 g/mol. The van der Waals surface area contributed by atoms with E-state index in [0.717, 1.165) is 32.7 Å². The highest BCUT2D eigenvalue weighted by Crippen LogP contribution is 2.25. The summed E-state index contributed by atoms with van der Waals surface area (Å²) in [6.45, 7) is 8.30. The van der Waals surface area contributed by atoms with E-state index >= 15 is 0 Å². The Kier molecular flexibility index (Phi) is 5.37. The third-order valence-corrected chi connectivity index (χ3v) is 3.91. The van der Waals surface area contributed by atoms with E-state index in [1.165, 1.54) is 5.56 Å². The molecule has 1 aromatic rings. The Balaban J connectivity index is 2.14. The van der Waals surface area contributed by atoms with Crippen LogP contribution >= 0.6 is 0 Å². The van der Waals surface area contributed by atoms with Crippen LogP contribution in [0.15, 0.2) is 30.3 Å². The molecule has 106 valence electrons. The maximum absolute atomic E-state index is 6.54. The Morgan fingerprint density at radius 3 is 2.53 bits per heavy atom. The van der Waals surface area contributed by atoms with E-state index in [0.29, 0.717) is 12.0 Å². The van der Waals surface area contributed by atoms with Crippen molar-refractivity contribution in [2.45, 2.75) is 32.4 Å². The minimum absolute atomic E-state index is 0.0688. The van der Waals surface area contributed by atoms with Crippen LogP contribution in [0.2, 0.25) is 0 Å². The van der Waals surface area contributed by atoms with E-state index in [4.69, 9.17) is 10.5 Å². The third-order valence-electron chi connectivity index (χ3n) is 3.91. The molecule has 0 radical (unpaired) electrons. The second-order valence-corrected chi connectivity index (χ2v) is 5.67. The Morgan fingerprint density at radius 2 is 1.84 bits per heavy atom. The van der Waals surface area contributed by atoms with Gasteiger partial charge in [-0.1, -0.05) is 44.2 Å². The third kappa shape index (κ3) is 3.78. The van der Waals surface area contributed by atoms with Gasteiger partial charge in [-0.2, -0.15) is 0 Å². The van der Waals surface area contributed by atoms with Gasteiger partial charge in [0.15, 0.2) is 0 Å². The van der Waals surface area contributed by atoms with Crippen LogP contribution in [0, 0.1) is 5.92 Å². The van der Waals surface area contributed by atoms with Crippen molar-refractivity contribution in [3.05, 3.63) is 35.9 Å². The second kappa shape index (κ2) is 7.04. The van der Waals surface area contributed by atoms with Gasteiger partial charge in [0.05, 0.1) is 6.61 Å². The Hall–Kier alpha value is -0.900. The number of ether oxygens (including phenoxy) is 1. The van der Waals surface area contributed by atoms with E-state index in [1.54, 1.807) is 0 Å². The van der Waals surface area contributed by atoms with Gasteiger partial charge in [-0.15, -0.1) is 0 Å². The van der Waals surface area contributed by atoms with Crippen molar-refractivity contribution >= 4 is 0 Å². The van der Waals surface area contributed by atoms with Crippen LogP contribution in [-0.4, -0.2) is 37.2 Å². The van der Waals surface area contributed by atoms with Gasteiger partial charge in [-0.25, -0.2) is 0 Å². The summed E-state index contributed by atoms with van der Waals surface area (Å²) in [5.41, 5.74) is 7.77. The summed E-state index contributed by atoms with van der Waals surface area (Å²) in [4.78, 5) is 2.51. The number of nitrogens with two attached hydrogens (primary N) is 1. The molecule has 2 unspecified atom stereocenters. The summed E-state index contributed by atoms with van der Waals surface area (Å²) in [6.07, 6.45) is 1.10. The average molecular weight is 262 g/mol. The fraction of sp³-hybridized carbons (Fsp3) is 0.625. The van der Waals surface area contributed by atoms with Gasteiger partial charge in [-0.3, -0.25) is 4.90 Å². The van der Waals surface area contributed by atoms with Crippen LogP contribution in [0.5, 0.6) is 0 Å². The fourth-order valence-corrected chi connectivity index (χ4v) is 3.00. The maximum atomic E-state index is 6.54. The van der Waals surface area contributed by atoms with Crippen LogP contribution in [0.3, 0.4) is 0 Å². The van der Waals surface area contributed by atoms with Gasteiger partial charge >= 0.3 is 0 Å². The molecule has 3 nitrogen and oxygen atoms in total. The van der Waals surface area contributed by atoms with Crippen LogP contribution in [-0.2, 0) is 4.74 Å². The second-order valence-electron chi connectivity index (χ2n) is 5.67. The molecule has 0 spiro atoms. The molecule has 1 saturated heterocycles. The van der Waals surface area contributed by atoms with E-state index in [-0.39, 0.29) is 6.04 Å². The summed E-state index contributed by atoms with van der Waals surface area (Å²) in [5.74, 6) is 0.535. The molecule has 1 fully saturated rings. The first-order valence-electron chi connectivity index (χ1n) is 7.32. The summed E-state index contributed by atoms with van der Waals surface area (Å²) < 4.78 is 5.56. The average Bonchev–Trinajstić information content (AvgIpc) is 2.68. The van der Waals surface area contributed by atoms with Crippen molar-refractivity contribution in [1.82, 2.24) is 4.90 Å². The zero-order chi connectivity index (χ0) is 13.7. The quantitative estimate of drug-likeness (QED) is 0.905. The minimum atomic E-state index is 0.0688. The molecular formula is C16H26N2O. The lowest BCUT2D eigenvalue weighted by Crippen LogP contribution is -2.47. The number of rotatable bonds is 4. The molecule has 0 aromatic heterocycles. The molecule has 1 heterocycles. The Morgan fingerprint density at radius 1 is 1.11 bits per heavy atom. The predicted octanol–water partition coefficient (Wildman–Crippen LogP) is 2.43. The number of benzene rings is 1. The minimum Gasteiger partial charge on any atom is -0.380 e. The lowest BCUT2D eigenvalue weighted by Gasteiger charge is -2.37. The van der Waals surface area contributed by atoms with Crippen molar-refractivity contribution in [3.8, 4) is 0 Å². The van der Waals surface area contributed by atoms with Gasteiger partial charge < -0.3 is 10.5 Å². The molecule has 1 aliphatic heterocycles. The molecule has 2 rings (SSSR count). The molecule has 0 aliphatic carbocycles. The molecule has 2 atom stereocenters. The molecule has 0 saturated carbocycles. The lowest BCUT2D eigenvalue weighted by molar-refractivity contribution is 0.108. The Bertz CT molecular complexity index is 358. The lowest BCUT2D eigenvalue weighted by atomic mass is 9.90. The van der Waals surface area contributed by atoms with Gasteiger partial charge in [-0.05, 0) is 17.9 Å². The van der Waals surface area contributed by atoms with Crippen LogP contribution in [0.25, 0.3) is 0 Å². The summed E-state index contributed by atoms with van der Waals surface area (Å²) >= 11 is 0. The molecule has 1 aliphatic rings. The Labute approximate surface area is 116 Å². The largest absolute Gasteiger partial charge is 0.380 e. The van der Waals surface area contributed by atoms with Crippen LogP contribution < -0.4 is 5.73 Å². The number of hydrogen-bond donors (Lipinski definition) is 1. The summed E-state index contributed by atoms with van der Waals surface area (Å²) in [7, 11) is 0. The van der Waals surface area contributed by atoms with Gasteiger partial charge in [0, 0.05) is 31.8 Å². The molecule has 0 bridgehead atoms. The van der Waals surface area contributed by atoms with Crippen LogP contribution in [0.4, 0.5) is 0 Å². The normalized spacial score (nSPS) is 21.1. The van der Waals surface area contributed by atoms with Gasteiger partial charge in [0.2, 0.25) is 0 Å². The smallest absolute Gasteiger partial charge is 0.0593 e. The first-order chi connectivity index (χ1) is 9.20. The summed E-state index contributed by atoms with van der Waals surface area (Å²) in [5, 5.41) is 0. The monoisotopic (exact) mass is 262 g/mol. The molecule has 0 amide bonds. The zero-order valence-electron chi connectivity index (χ0n) is 12.1. The van der Waals surface area contributed by atoms with Gasteiger partial charge in [0.1, 0.15) is 0 Å². The van der Waals surface area contributed by atoms with E-state index in [1.807, 2.05) is 6.07 Å². The zero-order valence-corrected chi connectivity index (χ0v) is 12.1. The van der Waals surface area contributed by atoms with Crippen molar-refractivity contribution in [2.75, 3.05) is 26.3 Å². The first-order valence-corrected chi connectivity index (χ1v) is 7.32. The standard InChI is InChI=1S/C16H26N2O/c1-13(2)16(18-9-6-11-19-12-10-18)15(17)14-7-4-3-5-8-14/h3-5,7-8,13,15-16H,6,9-12,17H2,1-2H3.